The van der Waals surface area contributed by atoms with Gasteiger partial charge in [-0.05, 0) is 0 Å². The quantitative estimate of drug-likeness (QED) is 0.290. The maximum Gasteiger partial charge on any atom is 0.354 e. The van der Waals surface area contributed by atoms with E-state index >= 15 is 0 Å². The van der Waals surface area contributed by atoms with Crippen LogP contribution in [-0.4, -0.2) is 69.2 Å². The average Bonchev–Trinajstić information content (AvgIpc) is 3.13. The summed E-state index contributed by atoms with van der Waals surface area (Å²) < 4.78 is 0.396. The summed E-state index contributed by atoms with van der Waals surface area (Å²) in [7, 11) is 1.27. The number of carbonyl (C=O) groups is 3. The maximum absolute atomic E-state index is 12.6. The zero-order valence-corrected chi connectivity index (χ0v) is 17.3. The minimum absolute atomic E-state index is 0.0690. The first-order valence-corrected chi connectivity index (χ1v) is 10.8. The van der Waals surface area contributed by atoms with Crippen LogP contribution in [-0.2, 0) is 19.2 Å². The number of carbonyl (C=O) groups excluding carboxylic acids is 2. The molecule has 1 aromatic rings. The largest absolute Gasteiger partial charge is 0.477 e. The number of amides is 2. The van der Waals surface area contributed by atoms with Crippen molar-refractivity contribution in [3.05, 3.63) is 21.0 Å². The standard InChI is InChI=1S/C15H14N6O5S3/c1-26-20-8(6-4-29-15(17)18-6)11(22)19-9-7-5-28-14(27-3-2-16)10(13(24)25)21(7)12(9)23/h4,7,9H,3,5H2,1H3,(H2,17,18)(H,19,22)(H,24,25). The molecule has 1 aromatic heterocycles. The predicted octanol–water partition coefficient (Wildman–Crippen LogP) is 0.0287. The van der Waals surface area contributed by atoms with Crippen molar-refractivity contribution < 1.29 is 24.3 Å². The monoisotopic (exact) mass is 454 g/mol. The first kappa shape index (κ1) is 21.0. The first-order chi connectivity index (χ1) is 13.9. The Kier molecular flexibility index (Phi) is 6.30. The minimum Gasteiger partial charge on any atom is -0.477 e. The summed E-state index contributed by atoms with van der Waals surface area (Å²) in [5, 5.41) is 26.3. The van der Waals surface area contributed by atoms with Crippen molar-refractivity contribution in [2.24, 2.45) is 5.16 Å². The van der Waals surface area contributed by atoms with E-state index in [1.807, 2.05) is 6.07 Å². The third-order valence-electron chi connectivity index (χ3n) is 3.96. The number of carboxylic acids is 1. The Labute approximate surface area is 176 Å². The van der Waals surface area contributed by atoms with Crippen molar-refractivity contribution in [1.29, 1.82) is 5.26 Å². The van der Waals surface area contributed by atoms with E-state index in [1.165, 1.54) is 24.3 Å². The lowest BCUT2D eigenvalue weighted by Gasteiger charge is -2.49. The highest BCUT2D eigenvalue weighted by Crippen LogP contribution is 2.43. The molecule has 0 spiro atoms. The number of aromatic nitrogens is 1. The van der Waals surface area contributed by atoms with Gasteiger partial charge in [0, 0.05) is 11.1 Å². The molecule has 0 aliphatic carbocycles. The molecule has 0 bridgehead atoms. The normalized spacial score (nSPS) is 21.2. The highest BCUT2D eigenvalue weighted by molar-refractivity contribution is 8.22. The van der Waals surface area contributed by atoms with Crippen molar-refractivity contribution in [2.75, 3.05) is 24.3 Å². The van der Waals surface area contributed by atoms with Gasteiger partial charge in [-0.2, -0.15) is 5.26 Å². The maximum atomic E-state index is 12.6. The molecular formula is C15H14N6O5S3. The highest BCUT2D eigenvalue weighted by atomic mass is 32.2. The predicted molar refractivity (Wildman–Crippen MR) is 108 cm³/mol. The summed E-state index contributed by atoms with van der Waals surface area (Å²) in [5.74, 6) is -2.06. The lowest BCUT2D eigenvalue weighted by atomic mass is 9.95. The number of fused-ring (bicyclic) bond motifs is 1. The number of nitrogen functional groups attached to an aromatic ring is 1. The number of nitrogens with two attached hydrogens (primary N) is 1. The van der Waals surface area contributed by atoms with Gasteiger partial charge in [-0.15, -0.1) is 34.9 Å². The number of thioether (sulfide) groups is 2. The van der Waals surface area contributed by atoms with Crippen molar-refractivity contribution in [3.63, 3.8) is 0 Å². The van der Waals surface area contributed by atoms with E-state index in [0.717, 1.165) is 28.0 Å². The molecule has 3 heterocycles. The second-order valence-corrected chi connectivity index (χ2v) is 8.78. The van der Waals surface area contributed by atoms with Gasteiger partial charge in [0.15, 0.2) is 16.5 Å². The van der Waals surface area contributed by atoms with Crippen molar-refractivity contribution in [3.8, 4) is 6.07 Å². The van der Waals surface area contributed by atoms with Gasteiger partial charge >= 0.3 is 5.97 Å². The number of hydrogen-bond donors (Lipinski definition) is 3. The van der Waals surface area contributed by atoms with Crippen LogP contribution in [0.1, 0.15) is 5.69 Å². The van der Waals surface area contributed by atoms with Crippen LogP contribution < -0.4 is 11.1 Å². The van der Waals surface area contributed by atoms with Gasteiger partial charge in [-0.25, -0.2) is 9.78 Å². The molecule has 1 fully saturated rings. The van der Waals surface area contributed by atoms with E-state index in [4.69, 9.17) is 15.8 Å². The first-order valence-electron chi connectivity index (χ1n) is 7.95. The topological polar surface area (TPSA) is 171 Å². The number of nitrogens with zero attached hydrogens (tertiary/aromatic N) is 4. The number of nitriles is 1. The molecule has 0 radical (unpaired) electrons. The molecule has 3 rings (SSSR count). The van der Waals surface area contributed by atoms with Gasteiger partial charge in [-0.3, -0.25) is 14.5 Å². The van der Waals surface area contributed by atoms with Crippen LogP contribution in [0.3, 0.4) is 0 Å². The van der Waals surface area contributed by atoms with Crippen molar-refractivity contribution in [2.45, 2.75) is 12.1 Å². The van der Waals surface area contributed by atoms with Gasteiger partial charge in [0.25, 0.3) is 11.8 Å². The molecule has 2 atom stereocenters. The Morgan fingerprint density at radius 3 is 2.97 bits per heavy atom. The highest BCUT2D eigenvalue weighted by Gasteiger charge is 2.54. The molecule has 1 saturated heterocycles. The number of anilines is 1. The molecule has 2 aliphatic heterocycles. The molecule has 2 aliphatic rings. The molecular weight excluding hydrogens is 440 g/mol. The Morgan fingerprint density at radius 2 is 2.38 bits per heavy atom. The Morgan fingerprint density at radius 1 is 1.62 bits per heavy atom. The van der Waals surface area contributed by atoms with Crippen molar-refractivity contribution >= 4 is 63.5 Å². The fourth-order valence-electron chi connectivity index (χ4n) is 2.78. The van der Waals surface area contributed by atoms with E-state index in [-0.39, 0.29) is 28.0 Å². The van der Waals surface area contributed by atoms with Crippen molar-refractivity contribution in [1.82, 2.24) is 15.2 Å². The van der Waals surface area contributed by atoms with Gasteiger partial charge in [0.1, 0.15) is 18.8 Å². The van der Waals surface area contributed by atoms with E-state index in [2.05, 4.69) is 15.5 Å². The zero-order chi connectivity index (χ0) is 21.1. The fourth-order valence-corrected chi connectivity index (χ4v) is 5.54. The summed E-state index contributed by atoms with van der Waals surface area (Å²) in [6.45, 7) is 0. The summed E-state index contributed by atoms with van der Waals surface area (Å²) in [6.07, 6.45) is 0. The lowest BCUT2D eigenvalue weighted by molar-refractivity contribution is -0.153. The molecule has 11 nitrogen and oxygen atoms in total. The van der Waals surface area contributed by atoms with Gasteiger partial charge in [0.05, 0.1) is 22.1 Å². The average molecular weight is 455 g/mol. The number of oxime groups is 1. The lowest BCUT2D eigenvalue weighted by Crippen LogP contribution is -2.72. The second kappa shape index (κ2) is 8.72. The molecule has 0 saturated carbocycles. The minimum atomic E-state index is -1.26. The number of thiazole rings is 1. The van der Waals surface area contributed by atoms with Crippen LogP contribution in [0.5, 0.6) is 0 Å². The number of aliphatic carboxylic acids is 1. The number of β-lactam (4-membered cyclic amide) rings is 1. The molecule has 29 heavy (non-hydrogen) atoms. The van der Waals surface area contributed by atoms with E-state index in [0.29, 0.717) is 9.99 Å². The Hall–Kier alpha value is -2.76. The van der Waals surface area contributed by atoms with Crippen LogP contribution in [0.2, 0.25) is 0 Å². The smallest absolute Gasteiger partial charge is 0.354 e. The van der Waals surface area contributed by atoms with Crippen LogP contribution in [0.25, 0.3) is 0 Å². The SMILES string of the molecule is CON=C(C(=O)NC1C(=O)N2C(C(=O)O)=C(SCC#N)SCC12)c1csc(N)n1. The van der Waals surface area contributed by atoms with Crippen LogP contribution in [0, 0.1) is 11.3 Å². The molecule has 2 unspecified atom stereocenters. The number of hydrogen-bond acceptors (Lipinski definition) is 11. The summed E-state index contributed by atoms with van der Waals surface area (Å²) in [4.78, 5) is 46.8. The molecule has 152 valence electrons. The van der Waals surface area contributed by atoms with Gasteiger partial charge in [-0.1, -0.05) is 5.16 Å². The van der Waals surface area contributed by atoms with Crippen LogP contribution in [0.4, 0.5) is 5.13 Å². The summed E-state index contributed by atoms with van der Waals surface area (Å²) in [6, 6.07) is 0.488. The van der Waals surface area contributed by atoms with E-state index in [9.17, 15) is 19.5 Å². The molecule has 14 heteroatoms. The molecule has 4 N–H and O–H groups in total. The third-order valence-corrected chi connectivity index (χ3v) is 7.03. The third kappa shape index (κ3) is 4.02. The van der Waals surface area contributed by atoms with E-state index in [1.54, 1.807) is 0 Å². The zero-order valence-electron chi connectivity index (χ0n) is 14.8. The molecule has 2 amide bonds. The second-order valence-electron chi connectivity index (χ2n) is 5.62. The fraction of sp³-hybridized carbons (Fsp3) is 0.333. The Balaban J connectivity index is 1.78. The van der Waals surface area contributed by atoms with Gasteiger partial charge < -0.3 is 21.0 Å². The van der Waals surface area contributed by atoms with E-state index < -0.39 is 29.9 Å². The van der Waals surface area contributed by atoms with Crippen LogP contribution in [0.15, 0.2) is 20.5 Å². The Bertz CT molecular complexity index is 968. The summed E-state index contributed by atoms with van der Waals surface area (Å²) >= 11 is 3.42. The number of nitrogens with one attached hydrogen (secondary N) is 1. The summed E-state index contributed by atoms with van der Waals surface area (Å²) in [5.41, 5.74) is 5.48. The molecule has 0 aromatic carbocycles. The number of rotatable bonds is 7. The van der Waals surface area contributed by atoms with Gasteiger partial charge in [0.2, 0.25) is 0 Å². The number of carboxylic acid groups (broad SMARTS) is 1. The van der Waals surface area contributed by atoms with Crippen LogP contribution >= 0.6 is 34.9 Å².